The van der Waals surface area contributed by atoms with Crippen molar-refractivity contribution in [2.45, 2.75) is 53.9 Å². The van der Waals surface area contributed by atoms with Gasteiger partial charge < -0.3 is 16.9 Å². The Bertz CT molecular complexity index is 1160. The Kier molecular flexibility index (Phi) is 16.6. The quantitative estimate of drug-likeness (QED) is 0.129. The van der Waals surface area contributed by atoms with Crippen LogP contribution in [0.4, 0.5) is 0 Å². The molecular formula is C31H40N2O3U. The van der Waals surface area contributed by atoms with Crippen LogP contribution in [0.25, 0.3) is 5.70 Å². The van der Waals surface area contributed by atoms with Crippen molar-refractivity contribution < 1.29 is 45.4 Å². The number of allylic oxidation sites excluding steroid dienone is 3. The van der Waals surface area contributed by atoms with Crippen LogP contribution in [0, 0.1) is 58.5 Å². The number of carbonyl (C=O) groups is 1. The molecule has 0 amide bonds. The molecule has 3 aromatic rings. The molecule has 1 heterocycles. The minimum Gasteiger partial charge on any atom is -0.493 e. The molecule has 0 aliphatic rings. The van der Waals surface area contributed by atoms with Gasteiger partial charge in [0.25, 0.3) is 0 Å². The minimum atomic E-state index is 0. The molecule has 6 heteroatoms. The summed E-state index contributed by atoms with van der Waals surface area (Å²) in [7, 11) is 3.23. The van der Waals surface area contributed by atoms with Gasteiger partial charge in [0.2, 0.25) is 0 Å². The molecule has 0 fully saturated rings. The number of aryl methyl sites for hydroxylation is 2. The van der Waals surface area contributed by atoms with Gasteiger partial charge in [-0.3, -0.25) is 4.79 Å². The van der Waals surface area contributed by atoms with Gasteiger partial charge in [-0.05, 0) is 57.0 Å². The maximum atomic E-state index is 12.3. The Morgan fingerprint density at radius 1 is 1.00 bits per heavy atom. The van der Waals surface area contributed by atoms with E-state index in [9.17, 15) is 4.79 Å². The number of rotatable bonds is 9. The zero-order valence-electron chi connectivity index (χ0n) is 23.5. The summed E-state index contributed by atoms with van der Waals surface area (Å²) < 4.78 is 12.6. The van der Waals surface area contributed by atoms with Crippen LogP contribution >= 0.6 is 0 Å². The van der Waals surface area contributed by atoms with Gasteiger partial charge >= 0.3 is 31.1 Å². The molecule has 1 aromatic heterocycles. The summed E-state index contributed by atoms with van der Waals surface area (Å²) in [5, 5.41) is 4.60. The van der Waals surface area contributed by atoms with Crippen LogP contribution in [0.1, 0.15) is 67.3 Å². The fraction of sp³-hybridized carbons (Fsp3) is 0.323. The second-order valence-electron chi connectivity index (χ2n) is 8.32. The molecule has 0 atom stereocenters. The fourth-order valence-corrected chi connectivity index (χ4v) is 3.30. The zero-order chi connectivity index (χ0) is 25.8. The monoisotopic (exact) mass is 726 g/mol. The predicted octanol–water partition coefficient (Wildman–Crippen LogP) is 7.68. The third-order valence-electron chi connectivity index (χ3n) is 5.53. The van der Waals surface area contributed by atoms with Gasteiger partial charge in [-0.15, -0.1) is 0 Å². The normalized spacial score (nSPS) is 10.9. The number of nitrogens with zero attached hydrogens (tertiary/aromatic N) is 2. The molecule has 37 heavy (non-hydrogen) atoms. The third kappa shape index (κ3) is 10.4. The number of hydrogen-bond acceptors (Lipinski definition) is 4. The van der Waals surface area contributed by atoms with Crippen LogP contribution < -0.4 is 9.47 Å². The number of aromatic nitrogens is 2. The first-order chi connectivity index (χ1) is 16.8. The Morgan fingerprint density at radius 2 is 1.65 bits per heavy atom. The molecule has 0 spiro atoms. The van der Waals surface area contributed by atoms with Crippen molar-refractivity contribution in [3.05, 3.63) is 102 Å². The van der Waals surface area contributed by atoms with Gasteiger partial charge in [0.05, 0.1) is 19.9 Å². The first kappa shape index (κ1) is 34.5. The van der Waals surface area contributed by atoms with E-state index < -0.39 is 0 Å². The van der Waals surface area contributed by atoms with Crippen molar-refractivity contribution >= 4 is 11.5 Å². The summed E-state index contributed by atoms with van der Waals surface area (Å²) in [6.45, 7) is 10.2. The van der Waals surface area contributed by atoms with Gasteiger partial charge in [-0.25, -0.2) is 4.68 Å². The third-order valence-corrected chi connectivity index (χ3v) is 5.53. The summed E-state index contributed by atoms with van der Waals surface area (Å²) >= 11 is 0. The average molecular weight is 727 g/mol. The van der Waals surface area contributed by atoms with E-state index in [1.165, 1.54) is 11.1 Å². The number of Topliss-reactive ketones (excluding diaryl/α,β-unsaturated/α-hetero) is 1. The van der Waals surface area contributed by atoms with E-state index >= 15 is 0 Å². The maximum Gasteiger partial charge on any atom is 2.00 e. The molecule has 0 saturated heterocycles. The van der Waals surface area contributed by atoms with E-state index in [0.717, 1.165) is 29.8 Å². The largest absolute Gasteiger partial charge is 2.00 e. The van der Waals surface area contributed by atoms with Crippen LogP contribution in [-0.4, -0.2) is 29.8 Å². The van der Waals surface area contributed by atoms with Crippen LogP contribution in [0.5, 0.6) is 11.5 Å². The Labute approximate surface area is 247 Å². The molecule has 0 bridgehead atoms. The topological polar surface area (TPSA) is 53.4 Å². The van der Waals surface area contributed by atoms with Gasteiger partial charge in [-0.2, -0.15) is 41.0 Å². The summed E-state index contributed by atoms with van der Waals surface area (Å²) in [5.74, 6) is 1.38. The smallest absolute Gasteiger partial charge is 0.493 e. The van der Waals surface area contributed by atoms with Crippen molar-refractivity contribution in [3.8, 4) is 11.5 Å². The molecule has 0 aliphatic heterocycles. The molecule has 0 saturated carbocycles. The predicted molar refractivity (Wildman–Crippen MR) is 150 cm³/mol. The molecular weight excluding hydrogens is 686 g/mol. The van der Waals surface area contributed by atoms with Crippen molar-refractivity contribution in [2.75, 3.05) is 14.2 Å². The number of carbonyl (C=O) groups excluding carboxylic acids is 1. The minimum absolute atomic E-state index is 0. The van der Waals surface area contributed by atoms with E-state index in [0.29, 0.717) is 23.6 Å². The average Bonchev–Trinajstić information content (AvgIpc) is 3.26. The molecule has 0 radical (unpaired) electrons. The molecule has 5 nitrogen and oxygen atoms in total. The molecule has 3 rings (SSSR count). The standard InChI is InChI=1S/C23H30N2O3.C7H7.CH3.U/c1-7-9-21(26)19-14-17(4)25(24-19)20(12-10-16(3)8-2)18-11-13-22(27-5)23(15-18)28-6;1-7-5-3-2-4-6-7;;/h10-15H,7-9H2,1-6H3;3-6H,1H3;1H3;/q;2*-1;+2/b16-10?,20-12-;;;. The number of methoxy groups -OCH3 is 2. The summed E-state index contributed by atoms with van der Waals surface area (Å²) in [5.41, 5.74) is 5.76. The Hall–Kier alpha value is -2.55. The van der Waals surface area contributed by atoms with E-state index in [2.05, 4.69) is 38.0 Å². The SMILES string of the molecule is CCCC(=O)c1cc(C)n(/C(=C\C=C(C)CC)c2ccc(OC)c(OC)c2)n1.Cc1cc[c-]cc1.[CH3-].[U+2]. The first-order valence-electron chi connectivity index (χ1n) is 12.0. The first-order valence-corrected chi connectivity index (χ1v) is 12.0. The second kappa shape index (κ2) is 17.8. The Balaban J connectivity index is 0.00000124. The van der Waals surface area contributed by atoms with Crippen LogP contribution in [0.15, 0.2) is 66.3 Å². The van der Waals surface area contributed by atoms with E-state index in [-0.39, 0.29) is 44.3 Å². The fourth-order valence-electron chi connectivity index (χ4n) is 3.30. The van der Waals surface area contributed by atoms with Crippen molar-refractivity contribution in [1.82, 2.24) is 9.78 Å². The summed E-state index contributed by atoms with van der Waals surface area (Å²) in [6.07, 6.45) is 6.39. The molecule has 0 N–H and O–H groups in total. The summed E-state index contributed by atoms with van der Waals surface area (Å²) in [4.78, 5) is 12.3. The molecule has 196 valence electrons. The number of ketones is 1. The van der Waals surface area contributed by atoms with Crippen molar-refractivity contribution in [1.29, 1.82) is 0 Å². The van der Waals surface area contributed by atoms with Crippen molar-refractivity contribution in [2.24, 2.45) is 0 Å². The zero-order valence-corrected chi connectivity index (χ0v) is 27.7. The van der Waals surface area contributed by atoms with Crippen molar-refractivity contribution in [3.63, 3.8) is 0 Å². The molecule has 2 aromatic carbocycles. The van der Waals surface area contributed by atoms with Crippen LogP contribution in [0.3, 0.4) is 0 Å². The summed E-state index contributed by atoms with van der Waals surface area (Å²) in [6, 6.07) is 18.4. The second-order valence-corrected chi connectivity index (χ2v) is 8.32. The number of hydrogen-bond donors (Lipinski definition) is 0. The number of benzene rings is 2. The number of ether oxygens (including phenoxy) is 2. The Morgan fingerprint density at radius 3 is 2.16 bits per heavy atom. The maximum absolute atomic E-state index is 12.3. The van der Waals surface area contributed by atoms with E-state index in [1.807, 2.05) is 73.1 Å². The van der Waals surface area contributed by atoms with E-state index in [4.69, 9.17) is 9.47 Å². The van der Waals surface area contributed by atoms with Gasteiger partial charge in [-0.1, -0.05) is 32.4 Å². The molecule has 0 unspecified atom stereocenters. The van der Waals surface area contributed by atoms with Gasteiger partial charge in [0.15, 0.2) is 17.3 Å². The molecule has 0 aliphatic carbocycles. The van der Waals surface area contributed by atoms with Gasteiger partial charge in [0, 0.05) is 17.7 Å². The van der Waals surface area contributed by atoms with Gasteiger partial charge in [0.1, 0.15) is 5.69 Å². The van der Waals surface area contributed by atoms with Crippen LogP contribution in [0.2, 0.25) is 0 Å². The van der Waals surface area contributed by atoms with Crippen LogP contribution in [-0.2, 0) is 0 Å². The van der Waals surface area contributed by atoms with E-state index in [1.54, 1.807) is 14.2 Å².